The smallest absolute Gasteiger partial charge is 0.307 e. The van der Waals surface area contributed by atoms with E-state index in [0.29, 0.717) is 22.8 Å². The molecule has 138 valence electrons. The molecule has 2 rings (SSSR count). The van der Waals surface area contributed by atoms with Crippen molar-refractivity contribution in [3.8, 4) is 17.2 Å². The Balaban J connectivity index is 2.02. The molecule has 1 aromatic heterocycles. The van der Waals surface area contributed by atoms with Crippen molar-refractivity contribution in [1.82, 2.24) is 15.2 Å². The molecule has 1 amide bonds. The quantitative estimate of drug-likeness (QED) is 0.420. The Kier molecular flexibility index (Phi) is 6.09. The summed E-state index contributed by atoms with van der Waals surface area (Å²) >= 11 is 0. The zero-order valence-corrected chi connectivity index (χ0v) is 14.3. The first-order chi connectivity index (χ1) is 12.5. The largest absolute Gasteiger partial charge is 0.493 e. The third-order valence-electron chi connectivity index (χ3n) is 3.23. The van der Waals surface area contributed by atoms with Gasteiger partial charge in [0.05, 0.1) is 32.5 Å². The Morgan fingerprint density at radius 2 is 1.96 bits per heavy atom. The van der Waals surface area contributed by atoms with E-state index in [1.807, 2.05) is 0 Å². The van der Waals surface area contributed by atoms with Crippen molar-refractivity contribution >= 4 is 17.8 Å². The third-order valence-corrected chi connectivity index (χ3v) is 3.23. The van der Waals surface area contributed by atoms with Crippen LogP contribution in [0.25, 0.3) is 0 Å². The molecule has 2 aromatic rings. The van der Waals surface area contributed by atoms with Crippen LogP contribution in [0.5, 0.6) is 17.2 Å². The molecule has 0 aliphatic rings. The van der Waals surface area contributed by atoms with Crippen LogP contribution in [0.4, 0.5) is 5.69 Å². The number of benzene rings is 1. The number of nitro groups is 1. The minimum Gasteiger partial charge on any atom is -0.493 e. The van der Waals surface area contributed by atoms with Gasteiger partial charge in [-0.3, -0.25) is 19.6 Å². The molecule has 26 heavy (non-hydrogen) atoms. The number of nitrogens with one attached hydrogen (secondary N) is 1. The lowest BCUT2D eigenvalue weighted by atomic mass is 10.2. The summed E-state index contributed by atoms with van der Waals surface area (Å²) in [6.07, 6.45) is 3.61. The predicted octanol–water partition coefficient (Wildman–Crippen LogP) is 0.967. The van der Waals surface area contributed by atoms with Gasteiger partial charge in [-0.2, -0.15) is 10.2 Å². The van der Waals surface area contributed by atoms with Gasteiger partial charge < -0.3 is 14.2 Å². The normalized spacial score (nSPS) is 10.6. The third kappa shape index (κ3) is 4.47. The van der Waals surface area contributed by atoms with Crippen molar-refractivity contribution in [1.29, 1.82) is 0 Å². The molecule has 0 saturated heterocycles. The van der Waals surface area contributed by atoms with Gasteiger partial charge in [0, 0.05) is 5.56 Å². The molecule has 0 radical (unpaired) electrons. The van der Waals surface area contributed by atoms with Crippen LogP contribution < -0.4 is 19.6 Å². The lowest BCUT2D eigenvalue weighted by Gasteiger charge is -2.12. The summed E-state index contributed by atoms with van der Waals surface area (Å²) in [6, 6.07) is 3.32. The van der Waals surface area contributed by atoms with E-state index >= 15 is 0 Å². The van der Waals surface area contributed by atoms with Crippen molar-refractivity contribution in [3.63, 3.8) is 0 Å². The molecular formula is C15H17N5O6. The van der Waals surface area contributed by atoms with Crippen molar-refractivity contribution in [3.05, 3.63) is 40.2 Å². The van der Waals surface area contributed by atoms with Gasteiger partial charge in [0.2, 0.25) is 5.75 Å². The first kappa shape index (κ1) is 18.7. The Hall–Kier alpha value is -3.63. The molecule has 11 heteroatoms. The van der Waals surface area contributed by atoms with Crippen LogP contribution in [0.3, 0.4) is 0 Å². The van der Waals surface area contributed by atoms with Gasteiger partial charge >= 0.3 is 5.69 Å². The fourth-order valence-corrected chi connectivity index (χ4v) is 2.07. The molecule has 1 heterocycles. The van der Waals surface area contributed by atoms with E-state index in [-0.39, 0.29) is 12.2 Å². The fraction of sp³-hybridized carbons (Fsp3) is 0.267. The maximum absolute atomic E-state index is 11.8. The second-order valence-electron chi connectivity index (χ2n) is 4.91. The highest BCUT2D eigenvalue weighted by Gasteiger charge is 2.13. The van der Waals surface area contributed by atoms with Crippen molar-refractivity contribution in [2.24, 2.45) is 5.10 Å². The Bertz CT molecular complexity index is 807. The van der Waals surface area contributed by atoms with Gasteiger partial charge in [0.1, 0.15) is 18.9 Å². The summed E-state index contributed by atoms with van der Waals surface area (Å²) in [7, 11) is 4.47. The molecule has 0 bridgehead atoms. The maximum atomic E-state index is 11.8. The highest BCUT2D eigenvalue weighted by molar-refractivity contribution is 5.84. The number of rotatable bonds is 8. The summed E-state index contributed by atoms with van der Waals surface area (Å²) < 4.78 is 16.8. The monoisotopic (exact) mass is 363 g/mol. The number of carbonyl (C=O) groups is 1. The number of ether oxygens (including phenoxy) is 3. The zero-order chi connectivity index (χ0) is 19.1. The average Bonchev–Trinajstić information content (AvgIpc) is 3.09. The van der Waals surface area contributed by atoms with E-state index in [4.69, 9.17) is 14.2 Å². The summed E-state index contributed by atoms with van der Waals surface area (Å²) in [5.41, 5.74) is 2.72. The summed E-state index contributed by atoms with van der Waals surface area (Å²) in [4.78, 5) is 21.8. The first-order valence-electron chi connectivity index (χ1n) is 7.27. The molecule has 0 aliphatic carbocycles. The van der Waals surface area contributed by atoms with Gasteiger partial charge in [-0.15, -0.1) is 0 Å². The van der Waals surface area contributed by atoms with E-state index in [1.165, 1.54) is 27.5 Å². The predicted molar refractivity (Wildman–Crippen MR) is 90.7 cm³/mol. The lowest BCUT2D eigenvalue weighted by Crippen LogP contribution is -2.23. The Morgan fingerprint density at radius 3 is 2.46 bits per heavy atom. The number of hydrogen-bond donors (Lipinski definition) is 1. The highest BCUT2D eigenvalue weighted by atomic mass is 16.6. The molecule has 1 N–H and O–H groups in total. The van der Waals surface area contributed by atoms with Gasteiger partial charge in [-0.1, -0.05) is 0 Å². The van der Waals surface area contributed by atoms with Gasteiger partial charge in [0.25, 0.3) is 5.91 Å². The summed E-state index contributed by atoms with van der Waals surface area (Å²) in [5, 5.41) is 18.1. The maximum Gasteiger partial charge on any atom is 0.307 e. The average molecular weight is 363 g/mol. The summed E-state index contributed by atoms with van der Waals surface area (Å²) in [6.45, 7) is -0.208. The minimum atomic E-state index is -0.593. The van der Waals surface area contributed by atoms with E-state index in [9.17, 15) is 14.9 Å². The van der Waals surface area contributed by atoms with Crippen LogP contribution in [0, 0.1) is 10.1 Å². The number of methoxy groups -OCH3 is 3. The molecule has 1 aromatic carbocycles. The van der Waals surface area contributed by atoms with Crippen LogP contribution in [-0.4, -0.2) is 48.2 Å². The molecule has 0 aliphatic heterocycles. The van der Waals surface area contributed by atoms with E-state index < -0.39 is 10.8 Å². The first-order valence-corrected chi connectivity index (χ1v) is 7.27. The second-order valence-corrected chi connectivity index (χ2v) is 4.91. The fourth-order valence-electron chi connectivity index (χ4n) is 2.07. The van der Waals surface area contributed by atoms with Gasteiger partial charge in [0.15, 0.2) is 11.5 Å². The van der Waals surface area contributed by atoms with Crippen LogP contribution in [0.2, 0.25) is 0 Å². The zero-order valence-electron chi connectivity index (χ0n) is 14.3. The number of carbonyl (C=O) groups excluding carboxylic acids is 1. The molecule has 0 fully saturated rings. The minimum absolute atomic E-state index is 0.196. The Morgan fingerprint density at radius 1 is 1.31 bits per heavy atom. The van der Waals surface area contributed by atoms with Crippen molar-refractivity contribution < 1.29 is 23.9 Å². The number of hydrogen-bond acceptors (Lipinski definition) is 8. The number of aromatic nitrogens is 2. The van der Waals surface area contributed by atoms with Crippen molar-refractivity contribution in [2.75, 3.05) is 21.3 Å². The molecule has 0 unspecified atom stereocenters. The molecule has 0 atom stereocenters. The van der Waals surface area contributed by atoms with E-state index in [0.717, 1.165) is 17.1 Å². The Labute approximate surface area is 148 Å². The molecule has 0 saturated carbocycles. The second kappa shape index (κ2) is 8.46. The SMILES string of the molecule is COc1cc(/C=N/NC(=O)Cn2cc([N+](=O)[O-])cn2)cc(OC)c1OC. The number of hydrazone groups is 1. The van der Waals surface area contributed by atoms with Crippen LogP contribution in [-0.2, 0) is 11.3 Å². The molecular weight excluding hydrogens is 346 g/mol. The standard InChI is InChI=1S/C15H17N5O6/c1-24-12-4-10(5-13(25-2)15(12)26-3)6-16-18-14(21)9-19-8-11(7-17-19)20(22)23/h4-8H,9H2,1-3H3,(H,18,21)/b16-6+. The topological polar surface area (TPSA) is 130 Å². The van der Waals surface area contributed by atoms with Crippen LogP contribution in [0.1, 0.15) is 5.56 Å². The van der Waals surface area contributed by atoms with Crippen molar-refractivity contribution in [2.45, 2.75) is 6.54 Å². The van der Waals surface area contributed by atoms with Crippen LogP contribution >= 0.6 is 0 Å². The van der Waals surface area contributed by atoms with E-state index in [2.05, 4.69) is 15.6 Å². The van der Waals surface area contributed by atoms with Gasteiger partial charge in [-0.05, 0) is 12.1 Å². The molecule has 11 nitrogen and oxygen atoms in total. The molecule has 0 spiro atoms. The lowest BCUT2D eigenvalue weighted by molar-refractivity contribution is -0.385. The number of amides is 1. The number of nitrogens with zero attached hydrogens (tertiary/aromatic N) is 4. The van der Waals surface area contributed by atoms with Gasteiger partial charge in [-0.25, -0.2) is 5.43 Å². The highest BCUT2D eigenvalue weighted by Crippen LogP contribution is 2.37. The van der Waals surface area contributed by atoms with E-state index in [1.54, 1.807) is 12.1 Å². The van der Waals surface area contributed by atoms with Crippen LogP contribution in [0.15, 0.2) is 29.6 Å². The summed E-state index contributed by atoms with van der Waals surface area (Å²) in [5.74, 6) is 0.843.